The number of hydrogen-bond acceptors (Lipinski definition) is 4. The van der Waals surface area contributed by atoms with Gasteiger partial charge in [-0.25, -0.2) is 0 Å². The van der Waals surface area contributed by atoms with Crippen LogP contribution in [-0.4, -0.2) is 65.5 Å². The summed E-state index contributed by atoms with van der Waals surface area (Å²) in [5.41, 5.74) is 0.578. The van der Waals surface area contributed by atoms with Crippen LogP contribution < -0.4 is 0 Å². The third kappa shape index (κ3) is 2.16. The first kappa shape index (κ1) is 13.1. The fourth-order valence-electron chi connectivity index (χ4n) is 3.01. The van der Waals surface area contributed by atoms with Gasteiger partial charge in [0.1, 0.15) is 6.54 Å². The van der Waals surface area contributed by atoms with Gasteiger partial charge in [0, 0.05) is 31.6 Å². The number of hydrogen-bond donors (Lipinski definition) is 0. The highest BCUT2D eigenvalue weighted by Crippen LogP contribution is 2.30. The number of ether oxygens (including phenoxy) is 1. The van der Waals surface area contributed by atoms with E-state index in [1.807, 2.05) is 4.90 Å². The maximum absolute atomic E-state index is 12.3. The van der Waals surface area contributed by atoms with E-state index in [1.54, 1.807) is 36.5 Å². The summed E-state index contributed by atoms with van der Waals surface area (Å²) in [6, 6.07) is 3.67. The van der Waals surface area contributed by atoms with Crippen molar-refractivity contribution in [3.05, 3.63) is 30.1 Å². The van der Waals surface area contributed by atoms with Crippen LogP contribution in [0.5, 0.6) is 0 Å². The summed E-state index contributed by atoms with van der Waals surface area (Å²) in [6.07, 6.45) is 4.08. The lowest BCUT2D eigenvalue weighted by Gasteiger charge is -2.53. The molecule has 2 aliphatic heterocycles. The molecule has 2 atom stereocenters. The Hall–Kier alpha value is -1.95. The number of piperazine rings is 1. The zero-order chi connectivity index (χ0) is 14.1. The van der Waals surface area contributed by atoms with E-state index in [0.29, 0.717) is 18.7 Å². The van der Waals surface area contributed by atoms with E-state index in [-0.39, 0.29) is 30.4 Å². The van der Waals surface area contributed by atoms with Gasteiger partial charge >= 0.3 is 0 Å². The van der Waals surface area contributed by atoms with Crippen LogP contribution in [0.25, 0.3) is 0 Å². The second kappa shape index (κ2) is 5.20. The number of nitrogens with zero attached hydrogens (tertiary/aromatic N) is 3. The Labute approximate surface area is 117 Å². The lowest BCUT2D eigenvalue weighted by Crippen LogP contribution is -2.69. The van der Waals surface area contributed by atoms with E-state index in [4.69, 9.17) is 4.74 Å². The number of pyridine rings is 1. The Bertz CT molecular complexity index is 520. The van der Waals surface area contributed by atoms with Crippen LogP contribution in [0.2, 0.25) is 0 Å². The van der Waals surface area contributed by atoms with Gasteiger partial charge in [0.2, 0.25) is 5.91 Å². The second-order valence-electron chi connectivity index (χ2n) is 5.22. The summed E-state index contributed by atoms with van der Waals surface area (Å²) in [5, 5.41) is 0. The number of fused-ring (bicyclic) bond motifs is 1. The van der Waals surface area contributed by atoms with Crippen LogP contribution >= 0.6 is 0 Å². The highest BCUT2D eigenvalue weighted by Gasteiger charge is 2.46. The van der Waals surface area contributed by atoms with Gasteiger partial charge in [-0.05, 0) is 18.6 Å². The Morgan fingerprint density at radius 3 is 2.85 bits per heavy atom. The van der Waals surface area contributed by atoms with Crippen LogP contribution in [0, 0.1) is 0 Å². The van der Waals surface area contributed by atoms with Crippen molar-refractivity contribution in [2.75, 3.05) is 26.8 Å². The van der Waals surface area contributed by atoms with Crippen molar-refractivity contribution in [3.8, 4) is 0 Å². The van der Waals surface area contributed by atoms with Crippen LogP contribution in [0.4, 0.5) is 0 Å². The van der Waals surface area contributed by atoms with E-state index in [9.17, 15) is 9.59 Å². The van der Waals surface area contributed by atoms with Crippen LogP contribution in [0.1, 0.15) is 16.8 Å². The molecule has 1 aromatic rings. The van der Waals surface area contributed by atoms with E-state index >= 15 is 0 Å². The molecule has 0 bridgehead atoms. The molecule has 0 saturated carbocycles. The topological polar surface area (TPSA) is 62.7 Å². The lowest BCUT2D eigenvalue weighted by molar-refractivity contribution is -0.156. The van der Waals surface area contributed by atoms with Crippen LogP contribution in [0.15, 0.2) is 24.5 Å². The summed E-state index contributed by atoms with van der Waals surface area (Å²) in [6.45, 7) is 1.32. The Balaban J connectivity index is 1.68. The molecule has 0 N–H and O–H groups in total. The van der Waals surface area contributed by atoms with Gasteiger partial charge in [-0.1, -0.05) is 0 Å². The van der Waals surface area contributed by atoms with E-state index < -0.39 is 0 Å². The molecule has 0 aromatic carbocycles. The highest BCUT2D eigenvalue weighted by atomic mass is 16.5. The molecule has 0 spiro atoms. The number of methoxy groups -OCH3 is 1. The monoisotopic (exact) mass is 275 g/mol. The summed E-state index contributed by atoms with van der Waals surface area (Å²) < 4.78 is 5.11. The minimum absolute atomic E-state index is 0.0111. The lowest BCUT2D eigenvalue weighted by atomic mass is 9.90. The van der Waals surface area contributed by atoms with Crippen LogP contribution in [-0.2, 0) is 9.53 Å². The predicted molar refractivity (Wildman–Crippen MR) is 71.1 cm³/mol. The maximum Gasteiger partial charge on any atom is 0.254 e. The molecule has 2 saturated heterocycles. The Kier molecular flexibility index (Phi) is 3.40. The minimum Gasteiger partial charge on any atom is -0.383 e. The second-order valence-corrected chi connectivity index (χ2v) is 5.22. The first-order valence-corrected chi connectivity index (χ1v) is 6.70. The smallest absolute Gasteiger partial charge is 0.254 e. The van der Waals surface area contributed by atoms with E-state index in [1.165, 1.54) is 0 Å². The van der Waals surface area contributed by atoms with Crippen molar-refractivity contribution in [1.82, 2.24) is 14.8 Å². The van der Waals surface area contributed by atoms with Gasteiger partial charge in [-0.2, -0.15) is 0 Å². The zero-order valence-corrected chi connectivity index (χ0v) is 11.4. The molecule has 6 nitrogen and oxygen atoms in total. The molecular formula is C14H17N3O3. The molecule has 0 radical (unpaired) electrons. The quantitative estimate of drug-likeness (QED) is 0.788. The molecule has 3 heterocycles. The average molecular weight is 275 g/mol. The first-order chi connectivity index (χ1) is 9.70. The van der Waals surface area contributed by atoms with Gasteiger partial charge in [0.05, 0.1) is 18.7 Å². The van der Waals surface area contributed by atoms with Gasteiger partial charge in [-0.15, -0.1) is 0 Å². The largest absolute Gasteiger partial charge is 0.383 e. The molecule has 0 aliphatic carbocycles. The van der Waals surface area contributed by atoms with Gasteiger partial charge in [-0.3, -0.25) is 14.6 Å². The Morgan fingerprint density at radius 2 is 2.20 bits per heavy atom. The molecule has 2 amide bonds. The SMILES string of the molecule is COCC1CC2CN(C(=O)c3ccncc3)CC(=O)N12. The van der Waals surface area contributed by atoms with Gasteiger partial charge < -0.3 is 14.5 Å². The number of carbonyl (C=O) groups is 2. The highest BCUT2D eigenvalue weighted by molar-refractivity contribution is 5.97. The standard InChI is InChI=1S/C14H17N3O3/c1-20-9-12-6-11-7-16(8-13(18)17(11)12)14(19)10-2-4-15-5-3-10/h2-5,11-12H,6-9H2,1H3. The van der Waals surface area contributed by atoms with Crippen LogP contribution in [0.3, 0.4) is 0 Å². The van der Waals surface area contributed by atoms with E-state index in [2.05, 4.69) is 4.98 Å². The summed E-state index contributed by atoms with van der Waals surface area (Å²) in [7, 11) is 1.64. The number of rotatable bonds is 3. The van der Waals surface area contributed by atoms with Crippen molar-refractivity contribution in [3.63, 3.8) is 0 Å². The van der Waals surface area contributed by atoms with Crippen molar-refractivity contribution < 1.29 is 14.3 Å². The summed E-state index contributed by atoms with van der Waals surface area (Å²) in [4.78, 5) is 31.9. The summed E-state index contributed by atoms with van der Waals surface area (Å²) in [5.74, 6) is -0.0902. The Morgan fingerprint density at radius 1 is 1.45 bits per heavy atom. The van der Waals surface area contributed by atoms with Crippen molar-refractivity contribution in [2.45, 2.75) is 18.5 Å². The average Bonchev–Trinajstić information content (AvgIpc) is 2.44. The third-order valence-corrected chi connectivity index (χ3v) is 3.95. The number of amides is 2. The van der Waals surface area contributed by atoms with Gasteiger partial charge in [0.25, 0.3) is 5.91 Å². The molecule has 20 heavy (non-hydrogen) atoms. The zero-order valence-electron chi connectivity index (χ0n) is 11.4. The molecule has 2 unspecified atom stereocenters. The minimum atomic E-state index is -0.101. The van der Waals surface area contributed by atoms with Gasteiger partial charge in [0.15, 0.2) is 0 Å². The van der Waals surface area contributed by atoms with Crippen molar-refractivity contribution in [1.29, 1.82) is 0 Å². The normalized spacial score (nSPS) is 25.1. The molecular weight excluding hydrogens is 258 g/mol. The number of carbonyl (C=O) groups excluding carboxylic acids is 2. The summed E-state index contributed by atoms with van der Waals surface area (Å²) >= 11 is 0. The molecule has 1 aromatic heterocycles. The molecule has 106 valence electrons. The molecule has 2 aliphatic rings. The van der Waals surface area contributed by atoms with Crippen molar-refractivity contribution in [2.24, 2.45) is 0 Å². The molecule has 3 rings (SSSR count). The molecule has 6 heteroatoms. The maximum atomic E-state index is 12.3. The van der Waals surface area contributed by atoms with Crippen molar-refractivity contribution >= 4 is 11.8 Å². The first-order valence-electron chi connectivity index (χ1n) is 6.70. The molecule has 2 fully saturated rings. The number of aromatic nitrogens is 1. The third-order valence-electron chi connectivity index (χ3n) is 3.95. The fraction of sp³-hybridized carbons (Fsp3) is 0.500. The van der Waals surface area contributed by atoms with E-state index in [0.717, 1.165) is 6.42 Å². The predicted octanol–water partition coefficient (Wildman–Crippen LogP) is 0.153. The fourth-order valence-corrected chi connectivity index (χ4v) is 3.01.